The molecular formula is C15H23BrO. The van der Waals surface area contributed by atoms with Gasteiger partial charge in [-0.1, -0.05) is 54.4 Å². The maximum atomic E-state index is 5.76. The number of rotatable bonds is 8. The second-order valence-electron chi connectivity index (χ2n) is 4.38. The van der Waals surface area contributed by atoms with Gasteiger partial charge < -0.3 is 4.74 Å². The number of alkyl halides is 1. The lowest BCUT2D eigenvalue weighted by Gasteiger charge is -2.12. The molecule has 0 saturated carbocycles. The van der Waals surface area contributed by atoms with Gasteiger partial charge in [-0.15, -0.1) is 0 Å². The lowest BCUT2D eigenvalue weighted by Crippen LogP contribution is -2.02. The highest BCUT2D eigenvalue weighted by atomic mass is 79.9. The van der Waals surface area contributed by atoms with Crippen LogP contribution in [0.3, 0.4) is 0 Å². The van der Waals surface area contributed by atoms with E-state index in [9.17, 15) is 0 Å². The van der Waals surface area contributed by atoms with Crippen LogP contribution in [0.2, 0.25) is 0 Å². The van der Waals surface area contributed by atoms with E-state index in [0.717, 1.165) is 25.2 Å². The highest BCUT2D eigenvalue weighted by Crippen LogP contribution is 2.23. The molecule has 1 nitrogen and oxygen atoms in total. The summed E-state index contributed by atoms with van der Waals surface area (Å²) in [5.74, 6) is 1.06. The van der Waals surface area contributed by atoms with E-state index in [-0.39, 0.29) is 0 Å². The van der Waals surface area contributed by atoms with Crippen LogP contribution in [0.4, 0.5) is 0 Å². The van der Waals surface area contributed by atoms with E-state index in [1.165, 1.54) is 24.8 Å². The minimum Gasteiger partial charge on any atom is -0.493 e. The molecule has 0 bridgehead atoms. The first-order valence-corrected chi connectivity index (χ1v) is 7.54. The van der Waals surface area contributed by atoms with Gasteiger partial charge in [-0.05, 0) is 37.3 Å². The fourth-order valence-electron chi connectivity index (χ4n) is 1.83. The van der Waals surface area contributed by atoms with Gasteiger partial charge in [0, 0.05) is 4.83 Å². The Balaban J connectivity index is 2.51. The highest BCUT2D eigenvalue weighted by Gasteiger charge is 2.07. The summed E-state index contributed by atoms with van der Waals surface area (Å²) in [6, 6.07) is 8.40. The Labute approximate surface area is 114 Å². The van der Waals surface area contributed by atoms with E-state index in [2.05, 4.69) is 48.0 Å². The molecule has 96 valence electrons. The van der Waals surface area contributed by atoms with Gasteiger partial charge >= 0.3 is 0 Å². The SMILES string of the molecule is CCCOc1ccccc1CCC(Br)CCC. The van der Waals surface area contributed by atoms with Crippen molar-refractivity contribution in [2.45, 2.75) is 50.8 Å². The smallest absolute Gasteiger partial charge is 0.122 e. The first-order chi connectivity index (χ1) is 8.27. The summed E-state index contributed by atoms with van der Waals surface area (Å²) in [5.41, 5.74) is 1.33. The van der Waals surface area contributed by atoms with Crippen LogP contribution in [-0.2, 0) is 6.42 Å². The normalized spacial score (nSPS) is 12.4. The van der Waals surface area contributed by atoms with Gasteiger partial charge in [-0.2, -0.15) is 0 Å². The second kappa shape index (κ2) is 8.57. The van der Waals surface area contributed by atoms with Crippen molar-refractivity contribution in [2.75, 3.05) is 6.61 Å². The molecular weight excluding hydrogens is 276 g/mol. The summed E-state index contributed by atoms with van der Waals surface area (Å²) in [6.45, 7) is 5.18. The minimum atomic E-state index is 0.631. The number of halogens is 1. The molecule has 0 amide bonds. The van der Waals surface area contributed by atoms with Crippen molar-refractivity contribution in [1.82, 2.24) is 0 Å². The Morgan fingerprint density at radius 1 is 1.12 bits per heavy atom. The first kappa shape index (κ1) is 14.6. The molecule has 1 aromatic rings. The van der Waals surface area contributed by atoms with Crippen molar-refractivity contribution in [2.24, 2.45) is 0 Å². The highest BCUT2D eigenvalue weighted by molar-refractivity contribution is 9.09. The molecule has 0 spiro atoms. The van der Waals surface area contributed by atoms with Gasteiger partial charge in [0.1, 0.15) is 5.75 Å². The van der Waals surface area contributed by atoms with Crippen molar-refractivity contribution in [3.63, 3.8) is 0 Å². The molecule has 1 aromatic carbocycles. The minimum absolute atomic E-state index is 0.631. The van der Waals surface area contributed by atoms with Gasteiger partial charge in [0.15, 0.2) is 0 Å². The van der Waals surface area contributed by atoms with Crippen LogP contribution in [-0.4, -0.2) is 11.4 Å². The van der Waals surface area contributed by atoms with Crippen LogP contribution in [0.15, 0.2) is 24.3 Å². The lowest BCUT2D eigenvalue weighted by molar-refractivity contribution is 0.314. The Kier molecular flexibility index (Phi) is 7.34. The summed E-state index contributed by atoms with van der Waals surface area (Å²) >= 11 is 3.73. The predicted octanol–water partition coefficient (Wildman–Crippen LogP) is 4.97. The lowest BCUT2D eigenvalue weighted by atomic mass is 10.1. The van der Waals surface area contributed by atoms with Crippen molar-refractivity contribution < 1.29 is 4.74 Å². The van der Waals surface area contributed by atoms with Gasteiger partial charge in [0.25, 0.3) is 0 Å². The maximum Gasteiger partial charge on any atom is 0.122 e. The van der Waals surface area contributed by atoms with Crippen LogP contribution >= 0.6 is 15.9 Å². The summed E-state index contributed by atoms with van der Waals surface area (Å²) in [5, 5.41) is 0. The molecule has 0 aliphatic rings. The number of ether oxygens (including phenoxy) is 1. The number of hydrogen-bond donors (Lipinski definition) is 0. The standard InChI is InChI=1S/C15H23BrO/c1-3-7-14(16)11-10-13-8-5-6-9-15(13)17-12-4-2/h5-6,8-9,14H,3-4,7,10-12H2,1-2H3. The van der Waals surface area contributed by atoms with E-state index in [4.69, 9.17) is 4.74 Å². The molecule has 0 N–H and O–H groups in total. The van der Waals surface area contributed by atoms with Gasteiger partial charge in [0.2, 0.25) is 0 Å². The third-order valence-corrected chi connectivity index (χ3v) is 3.68. The third kappa shape index (κ3) is 5.58. The molecule has 1 rings (SSSR count). The van der Waals surface area contributed by atoms with Crippen molar-refractivity contribution in [1.29, 1.82) is 0 Å². The predicted molar refractivity (Wildman–Crippen MR) is 78.2 cm³/mol. The average molecular weight is 299 g/mol. The molecule has 0 radical (unpaired) electrons. The zero-order valence-corrected chi connectivity index (χ0v) is 12.5. The molecule has 0 saturated heterocycles. The van der Waals surface area contributed by atoms with Gasteiger partial charge in [-0.3, -0.25) is 0 Å². The van der Waals surface area contributed by atoms with Crippen molar-refractivity contribution in [3.8, 4) is 5.75 Å². The molecule has 2 heteroatoms. The van der Waals surface area contributed by atoms with E-state index in [0.29, 0.717) is 4.83 Å². The number of benzene rings is 1. The molecule has 1 atom stereocenters. The molecule has 17 heavy (non-hydrogen) atoms. The Morgan fingerprint density at radius 3 is 2.59 bits per heavy atom. The van der Waals surface area contributed by atoms with E-state index in [1.807, 2.05) is 6.07 Å². The fraction of sp³-hybridized carbons (Fsp3) is 0.600. The fourth-order valence-corrected chi connectivity index (χ4v) is 2.52. The number of hydrogen-bond acceptors (Lipinski definition) is 1. The Hall–Kier alpha value is -0.500. The zero-order valence-electron chi connectivity index (χ0n) is 10.9. The van der Waals surface area contributed by atoms with Crippen LogP contribution in [0.5, 0.6) is 5.75 Å². The number of aryl methyl sites for hydroxylation is 1. The molecule has 0 aromatic heterocycles. The van der Waals surface area contributed by atoms with Crippen molar-refractivity contribution in [3.05, 3.63) is 29.8 Å². The maximum absolute atomic E-state index is 5.76. The second-order valence-corrected chi connectivity index (χ2v) is 5.68. The topological polar surface area (TPSA) is 9.23 Å². The molecule has 0 aliphatic carbocycles. The van der Waals surface area contributed by atoms with Gasteiger partial charge in [0.05, 0.1) is 6.61 Å². The molecule has 0 aliphatic heterocycles. The summed E-state index contributed by atoms with van der Waals surface area (Å²) < 4.78 is 5.76. The Morgan fingerprint density at radius 2 is 1.88 bits per heavy atom. The van der Waals surface area contributed by atoms with Crippen LogP contribution in [0, 0.1) is 0 Å². The quantitative estimate of drug-likeness (QED) is 0.616. The molecule has 0 fully saturated rings. The average Bonchev–Trinajstić information content (AvgIpc) is 2.35. The largest absolute Gasteiger partial charge is 0.493 e. The first-order valence-electron chi connectivity index (χ1n) is 6.62. The summed E-state index contributed by atoms with van der Waals surface area (Å²) in [7, 11) is 0. The summed E-state index contributed by atoms with van der Waals surface area (Å²) in [4.78, 5) is 0.631. The third-order valence-electron chi connectivity index (χ3n) is 2.76. The molecule has 0 heterocycles. The molecule has 1 unspecified atom stereocenters. The van der Waals surface area contributed by atoms with E-state index < -0.39 is 0 Å². The number of para-hydroxylation sites is 1. The Bertz CT molecular complexity index is 312. The summed E-state index contributed by atoms with van der Waals surface area (Å²) in [6.07, 6.45) is 5.82. The van der Waals surface area contributed by atoms with Crippen molar-refractivity contribution >= 4 is 15.9 Å². The van der Waals surface area contributed by atoms with Crippen LogP contribution in [0.25, 0.3) is 0 Å². The monoisotopic (exact) mass is 298 g/mol. The zero-order chi connectivity index (χ0) is 12.5. The van der Waals surface area contributed by atoms with Crippen LogP contribution < -0.4 is 4.74 Å². The van der Waals surface area contributed by atoms with Crippen LogP contribution in [0.1, 0.15) is 45.1 Å². The van der Waals surface area contributed by atoms with E-state index >= 15 is 0 Å². The van der Waals surface area contributed by atoms with E-state index in [1.54, 1.807) is 0 Å². The van der Waals surface area contributed by atoms with Gasteiger partial charge in [-0.25, -0.2) is 0 Å².